The standard InChI is InChI=1S/C13H16N4O/c14-7-2-8-17(9-5-6-9)11-4-1-3-10(12(11)15)13(16)18/h1,3-4,9H,2,5-6,8,15H2,(H2,16,18). The van der Waals surface area contributed by atoms with Gasteiger partial charge < -0.3 is 16.4 Å². The molecule has 4 N–H and O–H groups in total. The molecule has 5 heteroatoms. The van der Waals surface area contributed by atoms with E-state index in [0.29, 0.717) is 30.3 Å². The Morgan fingerprint density at radius 2 is 2.22 bits per heavy atom. The van der Waals surface area contributed by atoms with Crippen LogP contribution >= 0.6 is 0 Å². The summed E-state index contributed by atoms with van der Waals surface area (Å²) in [5.74, 6) is -0.523. The number of benzene rings is 1. The number of rotatable bonds is 5. The molecule has 5 nitrogen and oxygen atoms in total. The molecule has 94 valence electrons. The maximum absolute atomic E-state index is 11.3. The number of nitrogen functional groups attached to an aromatic ring is 1. The van der Waals surface area contributed by atoms with Crippen molar-refractivity contribution in [3.05, 3.63) is 23.8 Å². The second-order valence-electron chi connectivity index (χ2n) is 4.44. The number of nitrogens with zero attached hydrogens (tertiary/aromatic N) is 2. The van der Waals surface area contributed by atoms with Gasteiger partial charge in [-0.2, -0.15) is 5.26 Å². The maximum atomic E-state index is 11.3. The normalized spacial score (nSPS) is 13.9. The van der Waals surface area contributed by atoms with Crippen LogP contribution in [0.1, 0.15) is 29.6 Å². The van der Waals surface area contributed by atoms with Gasteiger partial charge in [0.25, 0.3) is 5.91 Å². The highest BCUT2D eigenvalue weighted by Gasteiger charge is 2.30. The van der Waals surface area contributed by atoms with E-state index in [4.69, 9.17) is 16.7 Å². The molecule has 1 amide bonds. The minimum atomic E-state index is -0.523. The molecular formula is C13H16N4O. The van der Waals surface area contributed by atoms with E-state index in [1.165, 1.54) is 0 Å². The van der Waals surface area contributed by atoms with E-state index < -0.39 is 5.91 Å². The van der Waals surface area contributed by atoms with Gasteiger partial charge in [0.15, 0.2) is 0 Å². The predicted octanol–water partition coefficient (Wildman–Crippen LogP) is 1.25. The van der Waals surface area contributed by atoms with Crippen molar-refractivity contribution in [2.45, 2.75) is 25.3 Å². The molecule has 0 spiro atoms. The number of anilines is 2. The van der Waals surface area contributed by atoms with Gasteiger partial charge in [-0.25, -0.2) is 0 Å². The molecule has 0 aliphatic heterocycles. The van der Waals surface area contributed by atoms with Crippen LogP contribution in [0.4, 0.5) is 11.4 Å². The summed E-state index contributed by atoms with van der Waals surface area (Å²) in [4.78, 5) is 13.4. The molecule has 1 aromatic carbocycles. The number of hydrogen-bond donors (Lipinski definition) is 2. The molecule has 2 rings (SSSR count). The third kappa shape index (κ3) is 2.38. The topological polar surface area (TPSA) is 96.1 Å². The Morgan fingerprint density at radius 1 is 1.50 bits per heavy atom. The van der Waals surface area contributed by atoms with E-state index in [1.54, 1.807) is 12.1 Å². The summed E-state index contributed by atoms with van der Waals surface area (Å²) in [6.07, 6.45) is 2.65. The number of primary amides is 1. The van der Waals surface area contributed by atoms with Crippen molar-refractivity contribution in [3.8, 4) is 6.07 Å². The van der Waals surface area contributed by atoms with E-state index in [0.717, 1.165) is 18.5 Å². The quantitative estimate of drug-likeness (QED) is 0.762. The van der Waals surface area contributed by atoms with Crippen molar-refractivity contribution in [1.82, 2.24) is 0 Å². The monoisotopic (exact) mass is 244 g/mol. The number of hydrogen-bond acceptors (Lipinski definition) is 4. The van der Waals surface area contributed by atoms with Crippen molar-refractivity contribution >= 4 is 17.3 Å². The van der Waals surface area contributed by atoms with Gasteiger partial charge in [-0.1, -0.05) is 6.07 Å². The number of carbonyl (C=O) groups is 1. The molecule has 18 heavy (non-hydrogen) atoms. The minimum Gasteiger partial charge on any atom is -0.396 e. The Bertz CT molecular complexity index is 502. The summed E-state index contributed by atoms with van der Waals surface area (Å²) >= 11 is 0. The lowest BCUT2D eigenvalue weighted by Crippen LogP contribution is -2.28. The van der Waals surface area contributed by atoms with Gasteiger partial charge in [-0.15, -0.1) is 0 Å². The van der Waals surface area contributed by atoms with Gasteiger partial charge in [0.2, 0.25) is 0 Å². The zero-order chi connectivity index (χ0) is 13.1. The first-order valence-electron chi connectivity index (χ1n) is 5.97. The molecule has 0 heterocycles. The highest BCUT2D eigenvalue weighted by atomic mass is 16.1. The predicted molar refractivity (Wildman–Crippen MR) is 70.0 cm³/mol. The van der Waals surface area contributed by atoms with E-state index >= 15 is 0 Å². The summed E-state index contributed by atoms with van der Waals surface area (Å²) in [5, 5.41) is 8.69. The van der Waals surface area contributed by atoms with Crippen LogP contribution < -0.4 is 16.4 Å². The second kappa shape index (κ2) is 4.96. The Kier molecular flexibility index (Phi) is 3.38. The van der Waals surface area contributed by atoms with Crippen molar-refractivity contribution in [3.63, 3.8) is 0 Å². The molecule has 1 saturated carbocycles. The molecule has 0 radical (unpaired) electrons. The van der Waals surface area contributed by atoms with Gasteiger partial charge in [0.05, 0.1) is 29.4 Å². The highest BCUT2D eigenvalue weighted by molar-refractivity contribution is 6.00. The number of carbonyl (C=O) groups excluding carboxylic acids is 1. The smallest absolute Gasteiger partial charge is 0.250 e. The molecule has 0 unspecified atom stereocenters. The molecule has 0 aromatic heterocycles. The van der Waals surface area contributed by atoms with Gasteiger partial charge in [-0.05, 0) is 25.0 Å². The summed E-state index contributed by atoms with van der Waals surface area (Å²) in [7, 11) is 0. The maximum Gasteiger partial charge on any atom is 0.250 e. The number of amides is 1. The van der Waals surface area contributed by atoms with E-state index in [1.807, 2.05) is 6.07 Å². The van der Waals surface area contributed by atoms with Crippen molar-refractivity contribution in [2.75, 3.05) is 17.2 Å². The van der Waals surface area contributed by atoms with Crippen molar-refractivity contribution in [1.29, 1.82) is 5.26 Å². The third-order valence-electron chi connectivity index (χ3n) is 3.11. The van der Waals surface area contributed by atoms with E-state index in [2.05, 4.69) is 11.0 Å². The van der Waals surface area contributed by atoms with Crippen molar-refractivity contribution in [2.24, 2.45) is 5.73 Å². The van der Waals surface area contributed by atoms with Crippen LogP contribution in [0.2, 0.25) is 0 Å². The average Bonchev–Trinajstić information content (AvgIpc) is 3.15. The Balaban J connectivity index is 2.32. The van der Waals surface area contributed by atoms with Gasteiger partial charge in [0.1, 0.15) is 0 Å². The fourth-order valence-electron chi connectivity index (χ4n) is 2.07. The van der Waals surface area contributed by atoms with Crippen LogP contribution in [0.5, 0.6) is 0 Å². The highest BCUT2D eigenvalue weighted by Crippen LogP contribution is 2.36. The van der Waals surface area contributed by atoms with E-state index in [9.17, 15) is 4.79 Å². The molecule has 0 atom stereocenters. The number of nitriles is 1. The summed E-state index contributed by atoms with van der Waals surface area (Å²) in [5.41, 5.74) is 12.8. The molecule has 1 aliphatic rings. The molecule has 1 fully saturated rings. The fourth-order valence-corrected chi connectivity index (χ4v) is 2.07. The van der Waals surface area contributed by atoms with Crippen LogP contribution in [-0.2, 0) is 0 Å². The average molecular weight is 244 g/mol. The summed E-state index contributed by atoms with van der Waals surface area (Å²) in [6, 6.07) is 7.83. The van der Waals surface area contributed by atoms with Crippen LogP contribution in [0.15, 0.2) is 18.2 Å². The summed E-state index contributed by atoms with van der Waals surface area (Å²) in [6.45, 7) is 0.633. The SMILES string of the molecule is N#CCCN(c1cccc(C(N)=O)c1N)C1CC1. The molecular weight excluding hydrogens is 228 g/mol. The Morgan fingerprint density at radius 3 is 2.78 bits per heavy atom. The van der Waals surface area contributed by atoms with Crippen LogP contribution in [0.3, 0.4) is 0 Å². The number of nitrogens with two attached hydrogens (primary N) is 2. The first kappa shape index (κ1) is 12.2. The molecule has 0 saturated heterocycles. The molecule has 1 aliphatic carbocycles. The van der Waals surface area contributed by atoms with Gasteiger partial charge in [-0.3, -0.25) is 4.79 Å². The lowest BCUT2D eigenvalue weighted by atomic mass is 10.1. The van der Waals surface area contributed by atoms with Gasteiger partial charge in [0, 0.05) is 12.6 Å². The third-order valence-corrected chi connectivity index (χ3v) is 3.11. The first-order valence-corrected chi connectivity index (χ1v) is 5.97. The van der Waals surface area contributed by atoms with Gasteiger partial charge >= 0.3 is 0 Å². The lowest BCUT2D eigenvalue weighted by Gasteiger charge is -2.25. The zero-order valence-electron chi connectivity index (χ0n) is 10.1. The van der Waals surface area contributed by atoms with Crippen LogP contribution in [0, 0.1) is 11.3 Å². The molecule has 1 aromatic rings. The second-order valence-corrected chi connectivity index (χ2v) is 4.44. The van der Waals surface area contributed by atoms with Crippen LogP contribution in [0.25, 0.3) is 0 Å². The largest absolute Gasteiger partial charge is 0.396 e. The van der Waals surface area contributed by atoms with Crippen LogP contribution in [-0.4, -0.2) is 18.5 Å². The Labute approximate surface area is 106 Å². The number of para-hydroxylation sites is 1. The Hall–Kier alpha value is -2.22. The minimum absolute atomic E-state index is 0.343. The zero-order valence-corrected chi connectivity index (χ0v) is 10.1. The van der Waals surface area contributed by atoms with Crippen molar-refractivity contribution < 1.29 is 4.79 Å². The molecule has 0 bridgehead atoms. The lowest BCUT2D eigenvalue weighted by molar-refractivity contribution is 0.100. The first-order chi connectivity index (χ1) is 8.65. The summed E-state index contributed by atoms with van der Waals surface area (Å²) < 4.78 is 0. The fraction of sp³-hybridized carbons (Fsp3) is 0.385. The van der Waals surface area contributed by atoms with E-state index in [-0.39, 0.29) is 0 Å².